The lowest BCUT2D eigenvalue weighted by molar-refractivity contribution is 0.393. The standard InChI is InChI=1S/C13H16N2O3/c1-7-8(2)13(17-4)9(5-10(7)16-3)11-6-12(14)15-18-11/h5-6H,1-4H3,(H2,14,15). The molecular formula is C13H16N2O3. The van der Waals surface area contributed by atoms with Crippen molar-refractivity contribution in [2.45, 2.75) is 13.8 Å². The summed E-state index contributed by atoms with van der Waals surface area (Å²) in [5, 5.41) is 3.68. The highest BCUT2D eigenvalue weighted by Gasteiger charge is 2.18. The molecule has 0 aliphatic heterocycles. The van der Waals surface area contributed by atoms with E-state index in [1.165, 1.54) is 0 Å². The van der Waals surface area contributed by atoms with Crippen LogP contribution in [-0.2, 0) is 0 Å². The Morgan fingerprint density at radius 2 is 1.83 bits per heavy atom. The van der Waals surface area contributed by atoms with E-state index in [2.05, 4.69) is 5.16 Å². The zero-order valence-electron chi connectivity index (χ0n) is 10.9. The molecule has 1 heterocycles. The Kier molecular flexibility index (Phi) is 3.14. The number of rotatable bonds is 3. The number of nitrogens with two attached hydrogens (primary N) is 1. The number of aromatic nitrogens is 1. The average molecular weight is 248 g/mol. The molecule has 18 heavy (non-hydrogen) atoms. The van der Waals surface area contributed by atoms with Crippen molar-refractivity contribution < 1.29 is 14.0 Å². The first-order valence-electron chi connectivity index (χ1n) is 5.53. The molecule has 0 spiro atoms. The number of ether oxygens (including phenoxy) is 2. The van der Waals surface area contributed by atoms with Crippen LogP contribution in [0.1, 0.15) is 11.1 Å². The Labute approximate surface area is 105 Å². The van der Waals surface area contributed by atoms with Crippen LogP contribution in [-0.4, -0.2) is 19.4 Å². The molecule has 0 saturated carbocycles. The van der Waals surface area contributed by atoms with Crippen LogP contribution in [0.15, 0.2) is 16.7 Å². The van der Waals surface area contributed by atoms with Gasteiger partial charge in [-0.25, -0.2) is 0 Å². The van der Waals surface area contributed by atoms with Crippen LogP contribution < -0.4 is 15.2 Å². The third-order valence-corrected chi connectivity index (χ3v) is 3.01. The molecule has 96 valence electrons. The second-order valence-electron chi connectivity index (χ2n) is 4.03. The lowest BCUT2D eigenvalue weighted by atomic mass is 10.0. The molecule has 2 rings (SSSR count). The molecule has 0 aliphatic rings. The maximum Gasteiger partial charge on any atom is 0.172 e. The van der Waals surface area contributed by atoms with Crippen molar-refractivity contribution in [3.8, 4) is 22.8 Å². The van der Waals surface area contributed by atoms with Crippen LogP contribution in [0.25, 0.3) is 11.3 Å². The summed E-state index contributed by atoms with van der Waals surface area (Å²) in [5.41, 5.74) is 8.38. The van der Waals surface area contributed by atoms with Gasteiger partial charge in [0.05, 0.1) is 19.8 Å². The molecule has 0 radical (unpaired) electrons. The van der Waals surface area contributed by atoms with Gasteiger partial charge in [0, 0.05) is 6.07 Å². The molecule has 2 aromatic rings. The minimum atomic E-state index is 0.337. The van der Waals surface area contributed by atoms with Gasteiger partial charge in [0.15, 0.2) is 11.6 Å². The molecule has 1 aromatic heterocycles. The Balaban J connectivity index is 2.69. The molecular weight excluding hydrogens is 232 g/mol. The van der Waals surface area contributed by atoms with Crippen LogP contribution in [0, 0.1) is 13.8 Å². The molecule has 5 nitrogen and oxygen atoms in total. The van der Waals surface area contributed by atoms with Crippen LogP contribution in [0.3, 0.4) is 0 Å². The second-order valence-corrected chi connectivity index (χ2v) is 4.03. The van der Waals surface area contributed by atoms with E-state index in [0.717, 1.165) is 28.2 Å². The van der Waals surface area contributed by atoms with Gasteiger partial charge in [-0.3, -0.25) is 0 Å². The van der Waals surface area contributed by atoms with Gasteiger partial charge in [-0.2, -0.15) is 0 Å². The van der Waals surface area contributed by atoms with Crippen molar-refractivity contribution in [1.82, 2.24) is 5.16 Å². The largest absolute Gasteiger partial charge is 0.496 e. The predicted octanol–water partition coefficient (Wildman–Crippen LogP) is 2.56. The summed E-state index contributed by atoms with van der Waals surface area (Å²) in [7, 11) is 3.25. The van der Waals surface area contributed by atoms with Crippen LogP contribution in [0.4, 0.5) is 5.82 Å². The van der Waals surface area contributed by atoms with E-state index in [4.69, 9.17) is 19.7 Å². The average Bonchev–Trinajstić information content (AvgIpc) is 2.79. The topological polar surface area (TPSA) is 70.5 Å². The van der Waals surface area contributed by atoms with Gasteiger partial charge in [-0.15, -0.1) is 0 Å². The van der Waals surface area contributed by atoms with Crippen molar-refractivity contribution in [2.24, 2.45) is 0 Å². The van der Waals surface area contributed by atoms with Gasteiger partial charge < -0.3 is 19.7 Å². The quantitative estimate of drug-likeness (QED) is 0.903. The summed E-state index contributed by atoms with van der Waals surface area (Å²) < 4.78 is 16.0. The molecule has 0 atom stereocenters. The Morgan fingerprint density at radius 1 is 1.11 bits per heavy atom. The molecule has 2 N–H and O–H groups in total. The van der Waals surface area contributed by atoms with Crippen molar-refractivity contribution >= 4 is 5.82 Å². The first-order chi connectivity index (χ1) is 8.58. The van der Waals surface area contributed by atoms with Crippen LogP contribution >= 0.6 is 0 Å². The number of methoxy groups -OCH3 is 2. The summed E-state index contributed by atoms with van der Waals surface area (Å²) in [6.07, 6.45) is 0. The lowest BCUT2D eigenvalue weighted by Crippen LogP contribution is -1.97. The van der Waals surface area contributed by atoms with Crippen LogP contribution in [0.5, 0.6) is 11.5 Å². The van der Waals surface area contributed by atoms with E-state index < -0.39 is 0 Å². The fourth-order valence-electron chi connectivity index (χ4n) is 1.94. The van der Waals surface area contributed by atoms with Gasteiger partial charge in [0.1, 0.15) is 11.5 Å². The number of hydrogen-bond donors (Lipinski definition) is 1. The van der Waals surface area contributed by atoms with Crippen molar-refractivity contribution in [2.75, 3.05) is 20.0 Å². The van der Waals surface area contributed by atoms with E-state index in [0.29, 0.717) is 11.6 Å². The molecule has 0 saturated heterocycles. The fourth-order valence-corrected chi connectivity index (χ4v) is 1.94. The molecule has 5 heteroatoms. The number of benzene rings is 1. The molecule has 1 aromatic carbocycles. The maximum absolute atomic E-state index is 5.57. The van der Waals surface area contributed by atoms with E-state index >= 15 is 0 Å². The van der Waals surface area contributed by atoms with Gasteiger partial charge in [0.25, 0.3) is 0 Å². The number of hydrogen-bond acceptors (Lipinski definition) is 5. The SMILES string of the molecule is COc1cc(-c2cc(N)no2)c(OC)c(C)c1C. The maximum atomic E-state index is 5.57. The Morgan fingerprint density at radius 3 is 2.33 bits per heavy atom. The highest BCUT2D eigenvalue weighted by molar-refractivity contribution is 5.73. The summed E-state index contributed by atoms with van der Waals surface area (Å²) >= 11 is 0. The summed E-state index contributed by atoms with van der Waals surface area (Å²) in [6, 6.07) is 3.52. The minimum absolute atomic E-state index is 0.337. The van der Waals surface area contributed by atoms with E-state index in [9.17, 15) is 0 Å². The van der Waals surface area contributed by atoms with E-state index in [-0.39, 0.29) is 0 Å². The van der Waals surface area contributed by atoms with E-state index in [1.54, 1.807) is 20.3 Å². The predicted molar refractivity (Wildman–Crippen MR) is 68.9 cm³/mol. The monoisotopic (exact) mass is 248 g/mol. The molecule has 0 unspecified atom stereocenters. The smallest absolute Gasteiger partial charge is 0.172 e. The highest BCUT2D eigenvalue weighted by Crippen LogP contribution is 2.39. The summed E-state index contributed by atoms with van der Waals surface area (Å²) in [4.78, 5) is 0. The Bertz CT molecular complexity index is 576. The molecule has 0 fully saturated rings. The number of nitrogen functional groups attached to an aromatic ring is 1. The first kappa shape index (κ1) is 12.3. The molecule has 0 aliphatic carbocycles. The van der Waals surface area contributed by atoms with Crippen molar-refractivity contribution in [3.05, 3.63) is 23.3 Å². The van der Waals surface area contributed by atoms with Gasteiger partial charge in [-0.1, -0.05) is 5.16 Å². The summed E-state index contributed by atoms with van der Waals surface area (Å²) in [6.45, 7) is 3.95. The van der Waals surface area contributed by atoms with Crippen molar-refractivity contribution in [1.29, 1.82) is 0 Å². The molecule has 0 amide bonds. The van der Waals surface area contributed by atoms with Gasteiger partial charge >= 0.3 is 0 Å². The minimum Gasteiger partial charge on any atom is -0.496 e. The second kappa shape index (κ2) is 4.60. The molecule has 0 bridgehead atoms. The lowest BCUT2D eigenvalue weighted by Gasteiger charge is -2.15. The summed E-state index contributed by atoms with van der Waals surface area (Å²) in [5.74, 6) is 2.41. The third-order valence-electron chi connectivity index (χ3n) is 3.01. The van der Waals surface area contributed by atoms with E-state index in [1.807, 2.05) is 19.9 Å². The zero-order chi connectivity index (χ0) is 13.3. The first-order valence-corrected chi connectivity index (χ1v) is 5.53. The number of nitrogens with zero attached hydrogens (tertiary/aromatic N) is 1. The Hall–Kier alpha value is -2.17. The zero-order valence-corrected chi connectivity index (χ0v) is 10.9. The fraction of sp³-hybridized carbons (Fsp3) is 0.308. The van der Waals surface area contributed by atoms with Crippen molar-refractivity contribution in [3.63, 3.8) is 0 Å². The third kappa shape index (κ3) is 1.88. The van der Waals surface area contributed by atoms with Gasteiger partial charge in [-0.05, 0) is 31.0 Å². The normalized spacial score (nSPS) is 10.4. The van der Waals surface area contributed by atoms with Crippen LogP contribution in [0.2, 0.25) is 0 Å². The van der Waals surface area contributed by atoms with Gasteiger partial charge in [0.2, 0.25) is 0 Å². The highest BCUT2D eigenvalue weighted by atomic mass is 16.5. The number of anilines is 1.